The van der Waals surface area contributed by atoms with Gasteiger partial charge in [0.1, 0.15) is 0 Å². The molecular weight excluding hydrogens is 144 g/mol. The lowest BCUT2D eigenvalue weighted by molar-refractivity contribution is -0.119. The van der Waals surface area contributed by atoms with E-state index < -0.39 is 0 Å². The molecule has 0 fully saturated rings. The molecule has 4 nitrogen and oxygen atoms in total. The van der Waals surface area contributed by atoms with Crippen molar-refractivity contribution >= 4 is 11.8 Å². The summed E-state index contributed by atoms with van der Waals surface area (Å²) in [6.45, 7) is 3.89. The van der Waals surface area contributed by atoms with Crippen LogP contribution in [0.15, 0.2) is 0 Å². The van der Waals surface area contributed by atoms with Crippen LogP contribution in [0.1, 0.15) is 13.8 Å². The van der Waals surface area contributed by atoms with Crippen molar-refractivity contribution in [3.63, 3.8) is 0 Å². The highest BCUT2D eigenvalue weighted by molar-refractivity contribution is 5.73. The standard InChI is InChI=1S/C7H13N2O2/c1-6(10)8-4-3-5-9-7(2)11/h3H,4-5H2,1-2H3,(H,8,10)(H,9,11). The summed E-state index contributed by atoms with van der Waals surface area (Å²) in [6, 6.07) is 0. The van der Waals surface area contributed by atoms with E-state index in [1.165, 1.54) is 13.8 Å². The van der Waals surface area contributed by atoms with Crippen LogP contribution in [0.2, 0.25) is 0 Å². The summed E-state index contributed by atoms with van der Waals surface area (Å²) in [5.41, 5.74) is 0. The maximum Gasteiger partial charge on any atom is 0.216 e. The van der Waals surface area contributed by atoms with Gasteiger partial charge in [0.2, 0.25) is 11.8 Å². The zero-order valence-electron chi connectivity index (χ0n) is 6.81. The van der Waals surface area contributed by atoms with Gasteiger partial charge in [-0.1, -0.05) is 0 Å². The van der Waals surface area contributed by atoms with E-state index in [0.29, 0.717) is 13.1 Å². The molecule has 11 heavy (non-hydrogen) atoms. The Labute approximate surface area is 66.4 Å². The minimum Gasteiger partial charge on any atom is -0.356 e. The topological polar surface area (TPSA) is 58.2 Å². The summed E-state index contributed by atoms with van der Waals surface area (Å²) in [6.07, 6.45) is 1.78. The van der Waals surface area contributed by atoms with E-state index in [0.717, 1.165) is 0 Å². The first kappa shape index (κ1) is 9.94. The number of hydrogen-bond acceptors (Lipinski definition) is 2. The maximum atomic E-state index is 10.3. The largest absolute Gasteiger partial charge is 0.356 e. The van der Waals surface area contributed by atoms with Gasteiger partial charge in [0.05, 0.1) is 0 Å². The second-order valence-electron chi connectivity index (χ2n) is 2.16. The van der Waals surface area contributed by atoms with Gasteiger partial charge >= 0.3 is 0 Å². The minimum atomic E-state index is -0.0657. The lowest BCUT2D eigenvalue weighted by Crippen LogP contribution is -2.27. The number of carbonyl (C=O) groups is 2. The van der Waals surface area contributed by atoms with Crippen LogP contribution in [0.5, 0.6) is 0 Å². The molecule has 2 amide bonds. The third-order valence-electron chi connectivity index (χ3n) is 0.991. The highest BCUT2D eigenvalue weighted by atomic mass is 16.2. The van der Waals surface area contributed by atoms with Crippen molar-refractivity contribution in [1.29, 1.82) is 0 Å². The normalized spacial score (nSPS) is 8.91. The maximum absolute atomic E-state index is 10.3. The molecular formula is C7H13N2O2. The first-order valence-electron chi connectivity index (χ1n) is 3.43. The van der Waals surface area contributed by atoms with Crippen LogP contribution in [-0.4, -0.2) is 24.9 Å². The number of hydrogen-bond donors (Lipinski definition) is 2. The highest BCUT2D eigenvalue weighted by Gasteiger charge is 1.91. The van der Waals surface area contributed by atoms with Crippen LogP contribution in [0, 0.1) is 6.42 Å². The molecule has 0 aromatic carbocycles. The molecule has 0 bridgehead atoms. The smallest absolute Gasteiger partial charge is 0.216 e. The molecule has 0 atom stereocenters. The Morgan fingerprint density at radius 2 is 1.45 bits per heavy atom. The molecule has 1 radical (unpaired) electrons. The van der Waals surface area contributed by atoms with E-state index in [1.54, 1.807) is 6.42 Å². The average Bonchev–Trinajstić information content (AvgIpc) is 1.85. The van der Waals surface area contributed by atoms with Crippen LogP contribution in [0.4, 0.5) is 0 Å². The fourth-order valence-corrected chi connectivity index (χ4v) is 0.504. The van der Waals surface area contributed by atoms with E-state index in [4.69, 9.17) is 0 Å². The second-order valence-corrected chi connectivity index (χ2v) is 2.16. The third kappa shape index (κ3) is 8.94. The van der Waals surface area contributed by atoms with Gasteiger partial charge in [-0.2, -0.15) is 0 Å². The molecule has 0 unspecified atom stereocenters. The summed E-state index contributed by atoms with van der Waals surface area (Å²) in [5.74, 6) is -0.131. The van der Waals surface area contributed by atoms with Gasteiger partial charge in [-0.15, -0.1) is 0 Å². The van der Waals surface area contributed by atoms with Crippen molar-refractivity contribution in [1.82, 2.24) is 10.6 Å². The zero-order chi connectivity index (χ0) is 8.69. The second kappa shape index (κ2) is 5.70. The van der Waals surface area contributed by atoms with Gasteiger partial charge in [-0.25, -0.2) is 0 Å². The summed E-state index contributed by atoms with van der Waals surface area (Å²) < 4.78 is 0. The number of rotatable bonds is 4. The minimum absolute atomic E-state index is 0.0657. The Bertz CT molecular complexity index is 129. The summed E-state index contributed by atoms with van der Waals surface area (Å²) in [7, 11) is 0. The molecule has 0 rings (SSSR count). The molecule has 2 N–H and O–H groups in total. The Hall–Kier alpha value is -1.06. The fraction of sp³-hybridized carbons (Fsp3) is 0.571. The molecule has 0 aliphatic heterocycles. The Morgan fingerprint density at radius 1 is 1.09 bits per heavy atom. The number of nitrogens with one attached hydrogen (secondary N) is 2. The SMILES string of the molecule is CC(=O)NC[CH]CNC(C)=O. The van der Waals surface area contributed by atoms with Crippen molar-refractivity contribution in [2.45, 2.75) is 13.8 Å². The molecule has 0 aromatic rings. The number of carbonyl (C=O) groups excluding carboxylic acids is 2. The zero-order valence-corrected chi connectivity index (χ0v) is 6.81. The summed E-state index contributed by atoms with van der Waals surface area (Å²) in [4.78, 5) is 20.6. The van der Waals surface area contributed by atoms with Gasteiger partial charge in [-0.05, 0) is 6.42 Å². The molecule has 4 heteroatoms. The van der Waals surface area contributed by atoms with E-state index in [-0.39, 0.29) is 11.8 Å². The van der Waals surface area contributed by atoms with Gasteiger partial charge < -0.3 is 10.6 Å². The van der Waals surface area contributed by atoms with Crippen molar-refractivity contribution in [3.05, 3.63) is 6.42 Å². The average molecular weight is 157 g/mol. The van der Waals surface area contributed by atoms with Gasteiger partial charge in [0.25, 0.3) is 0 Å². The Balaban J connectivity index is 3.03. The molecule has 0 spiro atoms. The Kier molecular flexibility index (Phi) is 5.15. The lowest BCUT2D eigenvalue weighted by atomic mass is 10.4. The first-order chi connectivity index (χ1) is 5.13. The fourth-order valence-electron chi connectivity index (χ4n) is 0.504. The first-order valence-corrected chi connectivity index (χ1v) is 3.43. The van der Waals surface area contributed by atoms with Crippen LogP contribution in [-0.2, 0) is 9.59 Å². The quantitative estimate of drug-likeness (QED) is 0.539. The van der Waals surface area contributed by atoms with E-state index >= 15 is 0 Å². The number of amides is 2. The van der Waals surface area contributed by atoms with Crippen LogP contribution in [0.25, 0.3) is 0 Å². The van der Waals surface area contributed by atoms with Crippen LogP contribution in [0.3, 0.4) is 0 Å². The van der Waals surface area contributed by atoms with Crippen LogP contribution < -0.4 is 10.6 Å². The molecule has 0 saturated carbocycles. The van der Waals surface area contributed by atoms with Gasteiger partial charge in [0, 0.05) is 26.9 Å². The molecule has 0 heterocycles. The molecule has 0 aliphatic rings. The van der Waals surface area contributed by atoms with Crippen molar-refractivity contribution in [2.24, 2.45) is 0 Å². The molecule has 0 aromatic heterocycles. The third-order valence-corrected chi connectivity index (χ3v) is 0.991. The predicted octanol–water partition coefficient (Wildman–Crippen LogP) is -0.537. The molecule has 0 aliphatic carbocycles. The lowest BCUT2D eigenvalue weighted by Gasteiger charge is -2.01. The van der Waals surface area contributed by atoms with Crippen LogP contribution >= 0.6 is 0 Å². The monoisotopic (exact) mass is 157 g/mol. The van der Waals surface area contributed by atoms with Gasteiger partial charge in [0.15, 0.2) is 0 Å². The van der Waals surface area contributed by atoms with E-state index in [2.05, 4.69) is 10.6 Å². The van der Waals surface area contributed by atoms with Crippen molar-refractivity contribution < 1.29 is 9.59 Å². The summed E-state index contributed by atoms with van der Waals surface area (Å²) >= 11 is 0. The van der Waals surface area contributed by atoms with E-state index in [1.807, 2.05) is 0 Å². The Morgan fingerprint density at radius 3 is 1.73 bits per heavy atom. The van der Waals surface area contributed by atoms with Crippen molar-refractivity contribution in [3.8, 4) is 0 Å². The van der Waals surface area contributed by atoms with E-state index in [9.17, 15) is 9.59 Å². The van der Waals surface area contributed by atoms with Gasteiger partial charge in [-0.3, -0.25) is 9.59 Å². The molecule has 0 saturated heterocycles. The molecule has 63 valence electrons. The highest BCUT2D eigenvalue weighted by Crippen LogP contribution is 1.71. The summed E-state index contributed by atoms with van der Waals surface area (Å²) in [5, 5.41) is 5.15. The van der Waals surface area contributed by atoms with Crippen molar-refractivity contribution in [2.75, 3.05) is 13.1 Å². The predicted molar refractivity (Wildman–Crippen MR) is 41.7 cm³/mol.